The van der Waals surface area contributed by atoms with Gasteiger partial charge in [0.15, 0.2) is 0 Å². The van der Waals surface area contributed by atoms with E-state index in [0.29, 0.717) is 27.6 Å². The van der Waals surface area contributed by atoms with Gasteiger partial charge < -0.3 is 4.74 Å². The van der Waals surface area contributed by atoms with Crippen molar-refractivity contribution >= 4 is 34.8 Å². The van der Waals surface area contributed by atoms with Crippen LogP contribution in [0.25, 0.3) is 0 Å². The summed E-state index contributed by atoms with van der Waals surface area (Å²) in [6.07, 6.45) is 1.63. The van der Waals surface area contributed by atoms with Gasteiger partial charge in [0, 0.05) is 17.3 Å². The summed E-state index contributed by atoms with van der Waals surface area (Å²) in [4.78, 5) is 3.89. The molecule has 0 saturated carbocycles. The fourth-order valence-corrected chi connectivity index (χ4v) is 1.81. The molecule has 1 aromatic heterocycles. The highest BCUT2D eigenvalue weighted by Gasteiger charge is 2.03. The normalized spacial score (nSPS) is 10.3. The lowest BCUT2D eigenvalue weighted by Gasteiger charge is -2.08. The third-order valence-electron chi connectivity index (χ3n) is 2.08. The molecule has 0 aliphatic carbocycles. The molecule has 2 nitrogen and oxygen atoms in total. The molecule has 5 heteroatoms. The maximum absolute atomic E-state index is 5.97. The van der Waals surface area contributed by atoms with E-state index in [1.54, 1.807) is 30.5 Å². The molecule has 0 N–H and O–H groups in total. The smallest absolute Gasteiger partial charge is 0.139 e. The Bertz CT molecular complexity index is 531. The number of hydrogen-bond acceptors (Lipinski definition) is 2. The molecule has 0 aliphatic rings. The van der Waals surface area contributed by atoms with Crippen molar-refractivity contribution in [1.82, 2.24) is 4.98 Å². The number of hydrogen-bond donors (Lipinski definition) is 0. The number of ether oxygens (including phenoxy) is 1. The van der Waals surface area contributed by atoms with Gasteiger partial charge in [0.05, 0.1) is 5.02 Å². The minimum Gasteiger partial charge on any atom is -0.487 e. The topological polar surface area (TPSA) is 22.1 Å². The van der Waals surface area contributed by atoms with Crippen LogP contribution in [0.4, 0.5) is 0 Å². The number of rotatable bonds is 3. The third kappa shape index (κ3) is 3.50. The summed E-state index contributed by atoms with van der Waals surface area (Å²) in [5.41, 5.74) is 0.918. The summed E-state index contributed by atoms with van der Waals surface area (Å²) >= 11 is 17.6. The lowest BCUT2D eigenvalue weighted by atomic mass is 10.3. The fraction of sp³-hybridized carbons (Fsp3) is 0.0833. The van der Waals surface area contributed by atoms with Crippen LogP contribution in [0.3, 0.4) is 0 Å². The number of nitrogens with zero attached hydrogens (tertiary/aromatic N) is 1. The second-order valence-corrected chi connectivity index (χ2v) is 4.58. The van der Waals surface area contributed by atoms with Crippen LogP contribution in [0.5, 0.6) is 5.75 Å². The quantitative estimate of drug-likeness (QED) is 0.769. The minimum absolute atomic E-state index is 0.363. The van der Waals surface area contributed by atoms with Crippen molar-refractivity contribution < 1.29 is 4.74 Å². The van der Waals surface area contributed by atoms with Gasteiger partial charge in [-0.1, -0.05) is 34.8 Å². The molecule has 1 aromatic carbocycles. The molecule has 2 aromatic rings. The third-order valence-corrected chi connectivity index (χ3v) is 2.83. The zero-order valence-electron chi connectivity index (χ0n) is 8.66. The van der Waals surface area contributed by atoms with Crippen molar-refractivity contribution in [2.45, 2.75) is 6.61 Å². The van der Waals surface area contributed by atoms with E-state index in [-0.39, 0.29) is 0 Å². The van der Waals surface area contributed by atoms with Gasteiger partial charge in [-0.25, -0.2) is 4.98 Å². The number of pyridine rings is 1. The van der Waals surface area contributed by atoms with Gasteiger partial charge in [-0.2, -0.15) is 0 Å². The van der Waals surface area contributed by atoms with Gasteiger partial charge in [-0.15, -0.1) is 0 Å². The molecule has 88 valence electrons. The van der Waals surface area contributed by atoms with Crippen LogP contribution >= 0.6 is 34.8 Å². The number of benzene rings is 1. The van der Waals surface area contributed by atoms with Gasteiger partial charge in [0.25, 0.3) is 0 Å². The van der Waals surface area contributed by atoms with Crippen molar-refractivity contribution in [3.63, 3.8) is 0 Å². The monoisotopic (exact) mass is 287 g/mol. The van der Waals surface area contributed by atoms with E-state index in [4.69, 9.17) is 39.5 Å². The second-order valence-electron chi connectivity index (χ2n) is 3.35. The highest BCUT2D eigenvalue weighted by molar-refractivity contribution is 6.34. The van der Waals surface area contributed by atoms with E-state index >= 15 is 0 Å². The lowest BCUT2D eigenvalue weighted by molar-refractivity contribution is 0.306. The maximum atomic E-state index is 5.97. The maximum Gasteiger partial charge on any atom is 0.139 e. The molecule has 17 heavy (non-hydrogen) atoms. The Balaban J connectivity index is 2.09. The first-order valence-electron chi connectivity index (χ1n) is 4.83. The van der Waals surface area contributed by atoms with Crippen molar-refractivity contribution in [1.29, 1.82) is 0 Å². The van der Waals surface area contributed by atoms with E-state index in [1.807, 2.05) is 6.07 Å². The minimum atomic E-state index is 0.363. The molecular formula is C12H8Cl3NO. The van der Waals surface area contributed by atoms with E-state index in [2.05, 4.69) is 4.98 Å². The van der Waals surface area contributed by atoms with Crippen LogP contribution in [0.1, 0.15) is 5.56 Å². The predicted molar refractivity (Wildman–Crippen MR) is 70.0 cm³/mol. The molecular weight excluding hydrogens is 280 g/mol. The number of halogens is 3. The molecule has 0 bridgehead atoms. The Morgan fingerprint density at radius 2 is 1.88 bits per heavy atom. The number of aromatic nitrogens is 1. The van der Waals surface area contributed by atoms with Crippen LogP contribution in [0.15, 0.2) is 36.5 Å². The van der Waals surface area contributed by atoms with Crippen molar-refractivity contribution in [2.24, 2.45) is 0 Å². The van der Waals surface area contributed by atoms with Crippen LogP contribution < -0.4 is 4.74 Å². The van der Waals surface area contributed by atoms with Gasteiger partial charge in [0.1, 0.15) is 17.5 Å². The Labute approximate surface area is 114 Å². The van der Waals surface area contributed by atoms with E-state index < -0.39 is 0 Å². The van der Waals surface area contributed by atoms with Gasteiger partial charge in [-0.05, 0) is 29.8 Å². The van der Waals surface area contributed by atoms with Gasteiger partial charge in [-0.3, -0.25) is 0 Å². The Morgan fingerprint density at radius 1 is 1.06 bits per heavy atom. The van der Waals surface area contributed by atoms with Gasteiger partial charge in [0.2, 0.25) is 0 Å². The summed E-state index contributed by atoms with van der Waals surface area (Å²) < 4.78 is 5.56. The van der Waals surface area contributed by atoms with Gasteiger partial charge >= 0.3 is 0 Å². The van der Waals surface area contributed by atoms with Crippen LogP contribution in [-0.4, -0.2) is 4.98 Å². The standard InChI is InChI=1S/C12H8Cl3NO/c13-9-1-2-10(14)11(6-9)17-7-8-3-4-16-12(15)5-8/h1-6H,7H2. The summed E-state index contributed by atoms with van der Waals surface area (Å²) in [7, 11) is 0. The summed E-state index contributed by atoms with van der Waals surface area (Å²) in [6.45, 7) is 0.363. The Kier molecular flexibility index (Phi) is 4.11. The first-order chi connectivity index (χ1) is 8.15. The molecule has 0 saturated heterocycles. The van der Waals surface area contributed by atoms with Crippen LogP contribution in [-0.2, 0) is 6.61 Å². The molecule has 0 spiro atoms. The average Bonchev–Trinajstić information content (AvgIpc) is 2.30. The highest BCUT2D eigenvalue weighted by Crippen LogP contribution is 2.28. The molecule has 1 heterocycles. The summed E-state index contributed by atoms with van der Waals surface area (Å²) in [6, 6.07) is 8.63. The first kappa shape index (κ1) is 12.5. The van der Waals surface area contributed by atoms with E-state index in [1.165, 1.54) is 0 Å². The van der Waals surface area contributed by atoms with Crippen molar-refractivity contribution in [2.75, 3.05) is 0 Å². The molecule has 0 amide bonds. The first-order valence-corrected chi connectivity index (χ1v) is 5.97. The Morgan fingerprint density at radius 3 is 2.65 bits per heavy atom. The average molecular weight is 289 g/mol. The predicted octanol–water partition coefficient (Wildman–Crippen LogP) is 4.62. The highest BCUT2D eigenvalue weighted by atomic mass is 35.5. The zero-order valence-corrected chi connectivity index (χ0v) is 10.9. The summed E-state index contributed by atoms with van der Waals surface area (Å²) in [5.74, 6) is 0.548. The van der Waals surface area contributed by atoms with Crippen molar-refractivity contribution in [3.8, 4) is 5.75 Å². The molecule has 0 aliphatic heterocycles. The lowest BCUT2D eigenvalue weighted by Crippen LogP contribution is -1.96. The molecule has 0 fully saturated rings. The molecule has 0 radical (unpaired) electrons. The fourth-order valence-electron chi connectivity index (χ4n) is 1.28. The van der Waals surface area contributed by atoms with E-state index in [0.717, 1.165) is 5.56 Å². The molecule has 0 unspecified atom stereocenters. The SMILES string of the molecule is Clc1ccc(Cl)c(OCc2ccnc(Cl)c2)c1. The van der Waals surface area contributed by atoms with Crippen LogP contribution in [0.2, 0.25) is 15.2 Å². The molecule has 0 atom stereocenters. The largest absolute Gasteiger partial charge is 0.487 e. The van der Waals surface area contributed by atoms with Crippen molar-refractivity contribution in [3.05, 3.63) is 57.3 Å². The van der Waals surface area contributed by atoms with Crippen LogP contribution in [0, 0.1) is 0 Å². The Hall–Kier alpha value is -0.960. The molecule has 2 rings (SSSR count). The summed E-state index contributed by atoms with van der Waals surface area (Å²) in [5, 5.41) is 1.54. The zero-order chi connectivity index (χ0) is 12.3. The second kappa shape index (κ2) is 5.58. The van der Waals surface area contributed by atoms with E-state index in [9.17, 15) is 0 Å².